The lowest BCUT2D eigenvalue weighted by Crippen LogP contribution is -1.96. The van der Waals surface area contributed by atoms with E-state index in [-0.39, 0.29) is 6.61 Å². The molecule has 0 heterocycles. The van der Waals surface area contributed by atoms with Crippen LogP contribution in [0.5, 0.6) is 0 Å². The first-order chi connectivity index (χ1) is 3.56. The molecule has 8 heavy (non-hydrogen) atoms. The molecule has 0 N–H and O–H groups in total. The molecule has 0 radical (unpaired) electrons. The third-order valence-electron chi connectivity index (χ3n) is 0.428. The number of halogens is 1. The number of hydrogen-bond donors (Lipinski definition) is 0. The molecule has 0 fully saturated rings. The van der Waals surface area contributed by atoms with E-state index in [2.05, 4.69) is 14.9 Å². The standard InChI is InChI=1S/C3H7ClO3S/c1-2-3-7-8(4,5)6/h2-3H2,1H3. The summed E-state index contributed by atoms with van der Waals surface area (Å²) < 4.78 is 24.0. The molecule has 0 atom stereocenters. The van der Waals surface area contributed by atoms with Gasteiger partial charge in [0.2, 0.25) is 0 Å². The third kappa shape index (κ3) is 6.20. The van der Waals surface area contributed by atoms with Crippen molar-refractivity contribution < 1.29 is 12.6 Å². The van der Waals surface area contributed by atoms with Crippen molar-refractivity contribution in [2.75, 3.05) is 6.61 Å². The molecular formula is C3H7ClO3S. The van der Waals surface area contributed by atoms with E-state index in [1.54, 1.807) is 6.92 Å². The van der Waals surface area contributed by atoms with Crippen LogP contribution >= 0.6 is 10.7 Å². The summed E-state index contributed by atoms with van der Waals surface area (Å²) in [5, 5.41) is 0. The van der Waals surface area contributed by atoms with Gasteiger partial charge in [0.25, 0.3) is 0 Å². The van der Waals surface area contributed by atoms with Crippen molar-refractivity contribution in [2.45, 2.75) is 13.3 Å². The summed E-state index contributed by atoms with van der Waals surface area (Å²) >= 11 is 0. The maximum atomic E-state index is 9.93. The fourth-order valence-electron chi connectivity index (χ4n) is 0.183. The van der Waals surface area contributed by atoms with Gasteiger partial charge in [-0.1, -0.05) is 6.92 Å². The van der Waals surface area contributed by atoms with Gasteiger partial charge < -0.3 is 0 Å². The molecule has 0 rings (SSSR count). The second kappa shape index (κ2) is 3.27. The van der Waals surface area contributed by atoms with E-state index >= 15 is 0 Å². The van der Waals surface area contributed by atoms with Crippen molar-refractivity contribution in [3.05, 3.63) is 0 Å². The van der Waals surface area contributed by atoms with Gasteiger partial charge in [0.15, 0.2) is 0 Å². The first kappa shape index (κ1) is 8.20. The van der Waals surface area contributed by atoms with Crippen LogP contribution < -0.4 is 0 Å². The Morgan fingerprint density at radius 2 is 2.12 bits per heavy atom. The second-order valence-corrected chi connectivity index (χ2v) is 3.37. The zero-order valence-corrected chi connectivity index (χ0v) is 6.00. The molecule has 0 unspecified atom stereocenters. The van der Waals surface area contributed by atoms with Gasteiger partial charge in [0.1, 0.15) is 0 Å². The van der Waals surface area contributed by atoms with Gasteiger partial charge in [0.05, 0.1) is 6.61 Å². The maximum absolute atomic E-state index is 9.93. The van der Waals surface area contributed by atoms with Crippen LogP contribution in [-0.4, -0.2) is 15.0 Å². The third-order valence-corrected chi connectivity index (χ3v) is 1.14. The number of hydrogen-bond acceptors (Lipinski definition) is 3. The zero-order valence-electron chi connectivity index (χ0n) is 4.43. The summed E-state index contributed by atoms with van der Waals surface area (Å²) in [6, 6.07) is 0. The van der Waals surface area contributed by atoms with E-state index < -0.39 is 9.33 Å². The van der Waals surface area contributed by atoms with Crippen molar-refractivity contribution in [3.63, 3.8) is 0 Å². The number of rotatable bonds is 3. The molecule has 0 aromatic rings. The molecule has 0 saturated heterocycles. The largest absolute Gasteiger partial charge is 0.355 e. The lowest BCUT2D eigenvalue weighted by atomic mass is 10.5. The molecule has 0 aliphatic rings. The van der Waals surface area contributed by atoms with E-state index in [4.69, 9.17) is 0 Å². The van der Waals surface area contributed by atoms with E-state index in [0.29, 0.717) is 6.42 Å². The first-order valence-corrected chi connectivity index (χ1v) is 4.38. The minimum absolute atomic E-state index is 0.159. The minimum atomic E-state index is -3.71. The van der Waals surface area contributed by atoms with Crippen LogP contribution in [0.15, 0.2) is 0 Å². The van der Waals surface area contributed by atoms with Crippen LogP contribution in [0.3, 0.4) is 0 Å². The summed E-state index contributed by atoms with van der Waals surface area (Å²) in [5.74, 6) is 0. The lowest BCUT2D eigenvalue weighted by Gasteiger charge is -1.91. The highest BCUT2D eigenvalue weighted by Gasteiger charge is 2.00. The molecule has 0 aliphatic heterocycles. The predicted octanol–water partition coefficient (Wildman–Crippen LogP) is 0.897. The van der Waals surface area contributed by atoms with Crippen LogP contribution in [0.1, 0.15) is 13.3 Å². The molecule has 0 amide bonds. The van der Waals surface area contributed by atoms with E-state index in [1.165, 1.54) is 0 Å². The summed E-state index contributed by atoms with van der Waals surface area (Å²) in [6.45, 7) is 1.95. The van der Waals surface area contributed by atoms with Gasteiger partial charge in [-0.05, 0) is 6.42 Å². The average Bonchev–Trinajstić information content (AvgIpc) is 1.59. The molecule has 0 aromatic heterocycles. The van der Waals surface area contributed by atoms with Crippen molar-refractivity contribution in [1.29, 1.82) is 0 Å². The van der Waals surface area contributed by atoms with Gasteiger partial charge in [-0.25, -0.2) is 0 Å². The summed E-state index contributed by atoms with van der Waals surface area (Å²) in [5.41, 5.74) is 0. The Morgan fingerprint density at radius 3 is 2.25 bits per heavy atom. The van der Waals surface area contributed by atoms with Gasteiger partial charge in [-0.3, -0.25) is 4.18 Å². The van der Waals surface area contributed by atoms with Gasteiger partial charge in [0, 0.05) is 10.7 Å². The Kier molecular flexibility index (Phi) is 3.35. The monoisotopic (exact) mass is 158 g/mol. The molecule has 5 heteroatoms. The Hall–Kier alpha value is 0.200. The minimum Gasteiger partial charge on any atom is -0.258 e. The summed E-state index contributed by atoms with van der Waals surface area (Å²) in [6.07, 6.45) is 0.645. The van der Waals surface area contributed by atoms with E-state index in [9.17, 15) is 8.42 Å². The summed E-state index contributed by atoms with van der Waals surface area (Å²) in [7, 11) is 0.948. The topological polar surface area (TPSA) is 43.4 Å². The van der Waals surface area contributed by atoms with Crippen molar-refractivity contribution >= 4 is 20.0 Å². The molecule has 0 aromatic carbocycles. The Labute approximate surface area is 53.2 Å². The van der Waals surface area contributed by atoms with Crippen LogP contribution in [-0.2, 0) is 13.5 Å². The fraction of sp³-hybridized carbons (Fsp3) is 1.00. The highest BCUT2D eigenvalue weighted by Crippen LogP contribution is 1.97. The average molecular weight is 159 g/mol. The molecule has 0 bridgehead atoms. The van der Waals surface area contributed by atoms with Gasteiger partial charge >= 0.3 is 9.33 Å². The Balaban J connectivity index is 3.42. The second-order valence-electron chi connectivity index (χ2n) is 1.22. The SMILES string of the molecule is CCCOS(=O)(=O)Cl. The predicted molar refractivity (Wildman–Crippen MR) is 31.0 cm³/mol. The van der Waals surface area contributed by atoms with E-state index in [0.717, 1.165) is 0 Å². The van der Waals surface area contributed by atoms with E-state index in [1.807, 2.05) is 0 Å². The summed E-state index contributed by atoms with van der Waals surface area (Å²) in [4.78, 5) is 0. The highest BCUT2D eigenvalue weighted by atomic mass is 35.7. The maximum Gasteiger partial charge on any atom is 0.355 e. The van der Waals surface area contributed by atoms with Crippen LogP contribution in [0, 0.1) is 0 Å². The zero-order chi connectivity index (χ0) is 6.62. The fourth-order valence-corrected chi connectivity index (χ4v) is 0.738. The molecular weight excluding hydrogens is 152 g/mol. The quantitative estimate of drug-likeness (QED) is 0.574. The molecule has 0 aliphatic carbocycles. The van der Waals surface area contributed by atoms with Gasteiger partial charge in [-0.2, -0.15) is 8.42 Å². The van der Waals surface area contributed by atoms with Crippen LogP contribution in [0.25, 0.3) is 0 Å². The van der Waals surface area contributed by atoms with Crippen LogP contribution in [0.4, 0.5) is 0 Å². The lowest BCUT2D eigenvalue weighted by molar-refractivity contribution is 0.328. The first-order valence-electron chi connectivity index (χ1n) is 2.15. The molecule has 3 nitrogen and oxygen atoms in total. The molecule has 0 spiro atoms. The Bertz CT molecular complexity index is 139. The normalized spacial score (nSPS) is 11.8. The van der Waals surface area contributed by atoms with Crippen molar-refractivity contribution in [2.24, 2.45) is 0 Å². The smallest absolute Gasteiger partial charge is 0.258 e. The van der Waals surface area contributed by atoms with Crippen molar-refractivity contribution in [3.8, 4) is 0 Å². The Morgan fingerprint density at radius 1 is 1.62 bits per heavy atom. The molecule has 50 valence electrons. The van der Waals surface area contributed by atoms with Crippen LogP contribution in [0.2, 0.25) is 0 Å². The van der Waals surface area contributed by atoms with Crippen molar-refractivity contribution in [1.82, 2.24) is 0 Å². The van der Waals surface area contributed by atoms with Gasteiger partial charge in [-0.15, -0.1) is 0 Å². The highest BCUT2D eigenvalue weighted by molar-refractivity contribution is 8.09. The molecule has 0 saturated carbocycles.